The lowest BCUT2D eigenvalue weighted by Gasteiger charge is -2.09. The number of hydrogen-bond acceptors (Lipinski definition) is 4. The lowest BCUT2D eigenvalue weighted by atomic mass is 10.0. The number of hydrogen-bond donors (Lipinski definition) is 1. The smallest absolute Gasteiger partial charge is 0.269 e. The molecule has 0 saturated carbocycles. The SMILES string of the molecule is CC(C)c1cccc(N=Cc2ccc([N+](=O)[O-])cc2)c1O. The van der Waals surface area contributed by atoms with Crippen LogP contribution in [0.2, 0.25) is 0 Å². The van der Waals surface area contributed by atoms with Crippen LogP contribution >= 0.6 is 0 Å². The summed E-state index contributed by atoms with van der Waals surface area (Å²) in [6.45, 7) is 4.00. The number of nitrogens with zero attached hydrogens (tertiary/aromatic N) is 2. The number of non-ortho nitro benzene ring substituents is 1. The molecular formula is C16H16N2O3. The van der Waals surface area contributed by atoms with Gasteiger partial charge in [-0.25, -0.2) is 0 Å². The summed E-state index contributed by atoms with van der Waals surface area (Å²) in [6, 6.07) is 11.5. The van der Waals surface area contributed by atoms with Crippen molar-refractivity contribution in [1.82, 2.24) is 0 Å². The molecule has 0 amide bonds. The first-order valence-corrected chi connectivity index (χ1v) is 6.59. The minimum atomic E-state index is -0.446. The molecule has 0 aromatic heterocycles. The topological polar surface area (TPSA) is 75.7 Å². The number of nitro benzene ring substituents is 1. The Morgan fingerprint density at radius 3 is 2.43 bits per heavy atom. The summed E-state index contributed by atoms with van der Waals surface area (Å²) in [5, 5.41) is 20.7. The Morgan fingerprint density at radius 2 is 1.86 bits per heavy atom. The summed E-state index contributed by atoms with van der Waals surface area (Å²) in [7, 11) is 0. The van der Waals surface area contributed by atoms with Gasteiger partial charge in [0.25, 0.3) is 5.69 Å². The van der Waals surface area contributed by atoms with Crippen LogP contribution in [0, 0.1) is 10.1 Å². The third kappa shape index (κ3) is 3.45. The first-order valence-electron chi connectivity index (χ1n) is 6.59. The fraction of sp³-hybridized carbons (Fsp3) is 0.188. The molecule has 0 fully saturated rings. The van der Waals surface area contributed by atoms with Crippen molar-refractivity contribution in [3.63, 3.8) is 0 Å². The molecular weight excluding hydrogens is 268 g/mol. The van der Waals surface area contributed by atoms with Gasteiger partial charge in [0.05, 0.1) is 4.92 Å². The summed E-state index contributed by atoms with van der Waals surface area (Å²) in [6.07, 6.45) is 1.57. The second-order valence-corrected chi connectivity index (χ2v) is 4.98. The van der Waals surface area contributed by atoms with Gasteiger partial charge in [-0.1, -0.05) is 26.0 Å². The summed E-state index contributed by atoms with van der Waals surface area (Å²) in [5.74, 6) is 0.380. The summed E-state index contributed by atoms with van der Waals surface area (Å²) in [4.78, 5) is 14.4. The van der Waals surface area contributed by atoms with Gasteiger partial charge in [0, 0.05) is 18.3 Å². The first-order chi connectivity index (χ1) is 9.99. The fourth-order valence-electron chi connectivity index (χ4n) is 1.94. The number of aromatic hydroxyl groups is 1. The van der Waals surface area contributed by atoms with Gasteiger partial charge < -0.3 is 5.11 Å². The molecule has 2 rings (SSSR count). The van der Waals surface area contributed by atoms with Crippen LogP contribution in [-0.4, -0.2) is 16.2 Å². The normalized spacial score (nSPS) is 11.2. The first kappa shape index (κ1) is 14.7. The molecule has 0 unspecified atom stereocenters. The number of nitro groups is 1. The van der Waals surface area contributed by atoms with E-state index >= 15 is 0 Å². The number of para-hydroxylation sites is 1. The second-order valence-electron chi connectivity index (χ2n) is 4.98. The highest BCUT2D eigenvalue weighted by Crippen LogP contribution is 2.34. The zero-order valence-corrected chi connectivity index (χ0v) is 11.9. The van der Waals surface area contributed by atoms with Crippen LogP contribution in [0.1, 0.15) is 30.9 Å². The van der Waals surface area contributed by atoms with E-state index in [2.05, 4.69) is 4.99 Å². The van der Waals surface area contributed by atoms with Crippen molar-refractivity contribution in [2.75, 3.05) is 0 Å². The molecule has 21 heavy (non-hydrogen) atoms. The number of benzene rings is 2. The highest BCUT2D eigenvalue weighted by Gasteiger charge is 2.09. The van der Waals surface area contributed by atoms with Gasteiger partial charge in [-0.05, 0) is 35.2 Å². The van der Waals surface area contributed by atoms with Crippen molar-refractivity contribution in [2.45, 2.75) is 19.8 Å². The predicted octanol–water partition coefficient (Wildman–Crippen LogP) is 4.17. The number of rotatable bonds is 4. The van der Waals surface area contributed by atoms with E-state index in [-0.39, 0.29) is 17.4 Å². The third-order valence-corrected chi connectivity index (χ3v) is 3.12. The molecule has 0 atom stereocenters. The average molecular weight is 284 g/mol. The molecule has 2 aromatic rings. The molecule has 5 heteroatoms. The Labute approximate surface area is 122 Å². The second kappa shape index (κ2) is 6.17. The van der Waals surface area contributed by atoms with Gasteiger partial charge in [0.15, 0.2) is 0 Å². The molecule has 0 aliphatic rings. The molecule has 0 aliphatic heterocycles. The Morgan fingerprint density at radius 1 is 1.19 bits per heavy atom. The largest absolute Gasteiger partial charge is 0.505 e. The Hall–Kier alpha value is -2.69. The van der Waals surface area contributed by atoms with Crippen LogP contribution in [0.15, 0.2) is 47.5 Å². The Kier molecular flexibility index (Phi) is 4.33. The number of aliphatic imine (C=N–C) groups is 1. The maximum atomic E-state index is 10.6. The van der Waals surface area contributed by atoms with Crippen molar-refractivity contribution in [2.24, 2.45) is 4.99 Å². The van der Waals surface area contributed by atoms with Crippen molar-refractivity contribution in [3.05, 3.63) is 63.7 Å². The van der Waals surface area contributed by atoms with Crippen molar-refractivity contribution in [3.8, 4) is 5.75 Å². The number of phenols is 1. The minimum Gasteiger partial charge on any atom is -0.505 e. The molecule has 108 valence electrons. The molecule has 0 radical (unpaired) electrons. The van der Waals surface area contributed by atoms with E-state index in [4.69, 9.17) is 0 Å². The molecule has 5 nitrogen and oxygen atoms in total. The third-order valence-electron chi connectivity index (χ3n) is 3.12. The summed E-state index contributed by atoms with van der Waals surface area (Å²) >= 11 is 0. The van der Waals surface area contributed by atoms with E-state index < -0.39 is 4.92 Å². The van der Waals surface area contributed by atoms with Crippen LogP contribution in [0.3, 0.4) is 0 Å². The Balaban J connectivity index is 2.25. The lowest BCUT2D eigenvalue weighted by molar-refractivity contribution is -0.384. The predicted molar refractivity (Wildman–Crippen MR) is 82.5 cm³/mol. The highest BCUT2D eigenvalue weighted by molar-refractivity contribution is 5.83. The monoisotopic (exact) mass is 284 g/mol. The maximum absolute atomic E-state index is 10.6. The van der Waals surface area contributed by atoms with Crippen molar-refractivity contribution in [1.29, 1.82) is 0 Å². The van der Waals surface area contributed by atoms with E-state index in [1.54, 1.807) is 24.4 Å². The molecule has 0 spiro atoms. The molecule has 0 aliphatic carbocycles. The highest BCUT2D eigenvalue weighted by atomic mass is 16.6. The maximum Gasteiger partial charge on any atom is 0.269 e. The standard InChI is InChI=1S/C16H16N2O3/c1-11(2)14-4-3-5-15(16(14)19)17-10-12-6-8-13(9-7-12)18(20)21/h3-11,19H,1-2H3. The van der Waals surface area contributed by atoms with Gasteiger partial charge in [0.2, 0.25) is 0 Å². The molecule has 0 heterocycles. The summed E-state index contributed by atoms with van der Waals surface area (Å²) < 4.78 is 0. The van der Waals surface area contributed by atoms with E-state index in [1.807, 2.05) is 26.0 Å². The fourth-order valence-corrected chi connectivity index (χ4v) is 1.94. The molecule has 0 bridgehead atoms. The zero-order valence-electron chi connectivity index (χ0n) is 11.9. The van der Waals surface area contributed by atoms with Crippen LogP contribution < -0.4 is 0 Å². The minimum absolute atomic E-state index is 0.0387. The van der Waals surface area contributed by atoms with Gasteiger partial charge in [-0.3, -0.25) is 15.1 Å². The Bertz CT molecular complexity index is 676. The van der Waals surface area contributed by atoms with Gasteiger partial charge in [-0.2, -0.15) is 0 Å². The van der Waals surface area contributed by atoms with Crippen LogP contribution in [0.4, 0.5) is 11.4 Å². The average Bonchev–Trinajstić information content (AvgIpc) is 2.46. The van der Waals surface area contributed by atoms with Gasteiger partial charge in [-0.15, -0.1) is 0 Å². The lowest BCUT2D eigenvalue weighted by Crippen LogP contribution is -1.89. The van der Waals surface area contributed by atoms with Crippen molar-refractivity contribution < 1.29 is 10.0 Å². The molecule has 0 saturated heterocycles. The van der Waals surface area contributed by atoms with E-state index in [0.29, 0.717) is 5.69 Å². The van der Waals surface area contributed by atoms with Crippen LogP contribution in [0.25, 0.3) is 0 Å². The molecule has 1 N–H and O–H groups in total. The molecule has 2 aromatic carbocycles. The number of phenolic OH excluding ortho intramolecular Hbond substituents is 1. The van der Waals surface area contributed by atoms with Crippen molar-refractivity contribution >= 4 is 17.6 Å². The van der Waals surface area contributed by atoms with Crippen LogP contribution in [-0.2, 0) is 0 Å². The van der Waals surface area contributed by atoms with Gasteiger partial charge in [0.1, 0.15) is 11.4 Å². The van der Waals surface area contributed by atoms with Crippen LogP contribution in [0.5, 0.6) is 5.75 Å². The van der Waals surface area contributed by atoms with E-state index in [1.165, 1.54) is 12.1 Å². The zero-order chi connectivity index (χ0) is 15.4. The summed E-state index contributed by atoms with van der Waals surface area (Å²) in [5.41, 5.74) is 2.10. The quantitative estimate of drug-likeness (QED) is 0.520. The van der Waals surface area contributed by atoms with E-state index in [0.717, 1.165) is 11.1 Å². The van der Waals surface area contributed by atoms with Gasteiger partial charge >= 0.3 is 0 Å². The van der Waals surface area contributed by atoms with E-state index in [9.17, 15) is 15.2 Å².